The molecule has 1 aliphatic rings. The molecule has 0 bridgehead atoms. The molecule has 1 saturated heterocycles. The largest absolute Gasteiger partial charge is 0.338 e. The van der Waals surface area contributed by atoms with Crippen LogP contribution in [0, 0.1) is 5.82 Å². The molecule has 0 saturated carbocycles. The summed E-state index contributed by atoms with van der Waals surface area (Å²) in [6.45, 7) is 6.10. The predicted octanol–water partition coefficient (Wildman–Crippen LogP) is 3.14. The summed E-state index contributed by atoms with van der Waals surface area (Å²) in [5, 5.41) is 5.57. The molecule has 166 valence electrons. The molecule has 2 N–H and O–H groups in total. The van der Waals surface area contributed by atoms with Gasteiger partial charge in [0.25, 0.3) is 0 Å². The minimum absolute atomic E-state index is 0.0295. The monoisotopic (exact) mass is 426 g/mol. The third-order valence-corrected chi connectivity index (χ3v) is 5.48. The highest BCUT2D eigenvalue weighted by molar-refractivity contribution is 5.87. The van der Waals surface area contributed by atoms with E-state index in [-0.39, 0.29) is 24.3 Å². The molecule has 1 unspecified atom stereocenters. The summed E-state index contributed by atoms with van der Waals surface area (Å²) >= 11 is 0. The highest BCUT2D eigenvalue weighted by Crippen LogP contribution is 2.11. The van der Waals surface area contributed by atoms with Crippen molar-refractivity contribution in [1.82, 2.24) is 20.4 Å². The van der Waals surface area contributed by atoms with E-state index in [2.05, 4.69) is 27.7 Å². The molecule has 7 heteroatoms. The minimum Gasteiger partial charge on any atom is -0.338 e. The summed E-state index contributed by atoms with van der Waals surface area (Å²) in [4.78, 5) is 29.6. The molecule has 0 spiro atoms. The van der Waals surface area contributed by atoms with Crippen molar-refractivity contribution in [3.05, 3.63) is 71.5 Å². The average molecular weight is 427 g/mol. The van der Waals surface area contributed by atoms with Crippen LogP contribution in [0.25, 0.3) is 0 Å². The Balaban J connectivity index is 1.47. The summed E-state index contributed by atoms with van der Waals surface area (Å²) in [5.74, 6) is -0.344. The summed E-state index contributed by atoms with van der Waals surface area (Å²) in [5.41, 5.74) is 2.06. The quantitative estimate of drug-likeness (QED) is 0.682. The van der Waals surface area contributed by atoms with Crippen LogP contribution in [0.4, 0.5) is 9.18 Å². The average Bonchev–Trinajstić information content (AvgIpc) is 2.79. The van der Waals surface area contributed by atoms with Crippen molar-refractivity contribution in [3.63, 3.8) is 0 Å². The van der Waals surface area contributed by atoms with E-state index in [0.717, 1.165) is 31.6 Å². The van der Waals surface area contributed by atoms with Gasteiger partial charge in [-0.15, -0.1) is 0 Å². The van der Waals surface area contributed by atoms with E-state index >= 15 is 0 Å². The van der Waals surface area contributed by atoms with Crippen LogP contribution >= 0.6 is 0 Å². The van der Waals surface area contributed by atoms with Gasteiger partial charge < -0.3 is 15.5 Å². The van der Waals surface area contributed by atoms with Gasteiger partial charge in [-0.3, -0.25) is 9.69 Å². The van der Waals surface area contributed by atoms with Gasteiger partial charge in [-0.1, -0.05) is 55.8 Å². The van der Waals surface area contributed by atoms with Crippen molar-refractivity contribution >= 4 is 11.9 Å². The number of halogens is 1. The number of amides is 3. The maximum absolute atomic E-state index is 13.0. The molecule has 1 aliphatic heterocycles. The van der Waals surface area contributed by atoms with Gasteiger partial charge in [-0.05, 0) is 29.7 Å². The van der Waals surface area contributed by atoms with Gasteiger partial charge in [0, 0.05) is 39.3 Å². The van der Waals surface area contributed by atoms with E-state index in [4.69, 9.17) is 0 Å². The lowest BCUT2D eigenvalue weighted by molar-refractivity contribution is -0.135. The zero-order valence-electron chi connectivity index (χ0n) is 18.0. The van der Waals surface area contributed by atoms with Gasteiger partial charge in [-0.2, -0.15) is 0 Å². The van der Waals surface area contributed by atoms with Crippen LogP contribution < -0.4 is 10.6 Å². The molecule has 3 rings (SSSR count). The second-order valence-corrected chi connectivity index (χ2v) is 7.88. The molecule has 1 atom stereocenters. The number of nitrogens with one attached hydrogen (secondary N) is 2. The van der Waals surface area contributed by atoms with E-state index < -0.39 is 6.04 Å². The second kappa shape index (κ2) is 11.5. The molecule has 3 amide bonds. The van der Waals surface area contributed by atoms with Gasteiger partial charge in [0.1, 0.15) is 11.9 Å². The fraction of sp³-hybridized carbons (Fsp3) is 0.417. The van der Waals surface area contributed by atoms with Crippen molar-refractivity contribution in [1.29, 1.82) is 0 Å². The first kappa shape index (κ1) is 22.7. The second-order valence-electron chi connectivity index (χ2n) is 7.88. The number of nitrogens with zero attached hydrogens (tertiary/aromatic N) is 2. The Morgan fingerprint density at radius 3 is 2.29 bits per heavy atom. The van der Waals surface area contributed by atoms with Gasteiger partial charge in [0.05, 0.1) is 0 Å². The molecule has 0 aromatic heterocycles. The summed E-state index contributed by atoms with van der Waals surface area (Å²) in [6, 6.07) is 15.3. The molecule has 1 fully saturated rings. The summed E-state index contributed by atoms with van der Waals surface area (Å²) in [7, 11) is 0. The topological polar surface area (TPSA) is 64.7 Å². The molecule has 1 heterocycles. The number of benzene rings is 2. The standard InChI is InChI=1S/C24H31FN4O2/c1-2-6-22(27-24(31)26-17-19-9-11-21(25)12-10-19)23(30)29-15-13-28(14-16-29)18-20-7-4-3-5-8-20/h3-5,7-12,22H,2,6,13-18H2,1H3,(H2,26,27,31). The maximum atomic E-state index is 13.0. The van der Waals surface area contributed by atoms with Crippen LogP contribution in [-0.4, -0.2) is 54.0 Å². The van der Waals surface area contributed by atoms with E-state index in [0.29, 0.717) is 19.5 Å². The Kier molecular flexibility index (Phi) is 8.41. The lowest BCUT2D eigenvalue weighted by Gasteiger charge is -2.36. The van der Waals surface area contributed by atoms with Crippen molar-refractivity contribution < 1.29 is 14.0 Å². The Morgan fingerprint density at radius 2 is 1.65 bits per heavy atom. The third kappa shape index (κ3) is 7.07. The van der Waals surface area contributed by atoms with Gasteiger partial charge in [-0.25, -0.2) is 9.18 Å². The molecule has 6 nitrogen and oxygen atoms in total. The Hall–Kier alpha value is -2.93. The summed E-state index contributed by atoms with van der Waals surface area (Å²) in [6.07, 6.45) is 1.38. The van der Waals surface area contributed by atoms with Crippen LogP contribution in [-0.2, 0) is 17.9 Å². The Labute approximate surface area is 183 Å². The smallest absolute Gasteiger partial charge is 0.315 e. The zero-order valence-corrected chi connectivity index (χ0v) is 18.0. The lowest BCUT2D eigenvalue weighted by Crippen LogP contribution is -2.55. The molecular weight excluding hydrogens is 395 g/mol. The Bertz CT molecular complexity index is 836. The van der Waals surface area contributed by atoms with E-state index in [1.165, 1.54) is 17.7 Å². The predicted molar refractivity (Wildman–Crippen MR) is 119 cm³/mol. The molecule has 0 aliphatic carbocycles. The molecular formula is C24H31FN4O2. The first-order valence-corrected chi connectivity index (χ1v) is 10.9. The Morgan fingerprint density at radius 1 is 0.968 bits per heavy atom. The normalized spacial score (nSPS) is 15.4. The number of rotatable bonds is 8. The van der Waals surface area contributed by atoms with Crippen LogP contribution in [0.5, 0.6) is 0 Å². The van der Waals surface area contributed by atoms with Crippen LogP contribution in [0.2, 0.25) is 0 Å². The third-order valence-electron chi connectivity index (χ3n) is 5.48. The van der Waals surface area contributed by atoms with Crippen molar-refractivity contribution in [2.75, 3.05) is 26.2 Å². The SMILES string of the molecule is CCCC(NC(=O)NCc1ccc(F)cc1)C(=O)N1CCN(Cc2ccccc2)CC1. The highest BCUT2D eigenvalue weighted by atomic mass is 19.1. The number of urea groups is 1. The first-order valence-electron chi connectivity index (χ1n) is 10.9. The number of carbonyl (C=O) groups is 2. The minimum atomic E-state index is -0.543. The number of hydrogen-bond acceptors (Lipinski definition) is 3. The molecule has 31 heavy (non-hydrogen) atoms. The van der Waals surface area contributed by atoms with Crippen LogP contribution in [0.3, 0.4) is 0 Å². The van der Waals surface area contributed by atoms with E-state index in [1.807, 2.05) is 30.0 Å². The zero-order chi connectivity index (χ0) is 22.1. The molecule has 2 aromatic rings. The lowest BCUT2D eigenvalue weighted by atomic mass is 10.1. The van der Waals surface area contributed by atoms with Gasteiger partial charge >= 0.3 is 6.03 Å². The van der Waals surface area contributed by atoms with Gasteiger partial charge in [0.15, 0.2) is 0 Å². The van der Waals surface area contributed by atoms with Gasteiger partial charge in [0.2, 0.25) is 5.91 Å². The van der Waals surface area contributed by atoms with Crippen molar-refractivity contribution in [2.24, 2.45) is 0 Å². The van der Waals surface area contributed by atoms with Crippen LogP contribution in [0.15, 0.2) is 54.6 Å². The number of piperazine rings is 1. The first-order chi connectivity index (χ1) is 15.0. The van der Waals surface area contributed by atoms with E-state index in [9.17, 15) is 14.0 Å². The number of carbonyl (C=O) groups excluding carboxylic acids is 2. The molecule has 0 radical (unpaired) electrons. The number of hydrogen-bond donors (Lipinski definition) is 2. The van der Waals surface area contributed by atoms with Crippen molar-refractivity contribution in [2.45, 2.75) is 38.9 Å². The van der Waals surface area contributed by atoms with Crippen molar-refractivity contribution in [3.8, 4) is 0 Å². The highest BCUT2D eigenvalue weighted by Gasteiger charge is 2.28. The van der Waals surface area contributed by atoms with E-state index in [1.54, 1.807) is 12.1 Å². The summed E-state index contributed by atoms with van der Waals surface area (Å²) < 4.78 is 13.0. The maximum Gasteiger partial charge on any atom is 0.315 e. The fourth-order valence-corrected chi connectivity index (χ4v) is 3.73. The van der Waals surface area contributed by atoms with Crippen LogP contribution in [0.1, 0.15) is 30.9 Å². The molecule has 2 aromatic carbocycles. The fourth-order valence-electron chi connectivity index (χ4n) is 3.73.